The first kappa shape index (κ1) is 21.3. The molecule has 2 atom stereocenters. The largest absolute Gasteiger partial charge is 0.457 e. The molecule has 1 aromatic carbocycles. The Balaban J connectivity index is 1.35. The number of benzene rings is 1. The maximum Gasteiger partial charge on any atom is 0.338 e. The van der Waals surface area contributed by atoms with Crippen LogP contribution in [-0.2, 0) is 17.9 Å². The fourth-order valence-corrected chi connectivity index (χ4v) is 4.92. The van der Waals surface area contributed by atoms with E-state index in [1.807, 2.05) is 25.4 Å². The number of nitrogens with zero attached hydrogens (tertiary/aromatic N) is 5. The lowest BCUT2D eigenvalue weighted by atomic mass is 9.92. The van der Waals surface area contributed by atoms with Crippen LogP contribution in [0.3, 0.4) is 0 Å². The lowest BCUT2D eigenvalue weighted by molar-refractivity contribution is 0.0535. The molecule has 4 heterocycles. The van der Waals surface area contributed by atoms with Crippen molar-refractivity contribution in [3.05, 3.63) is 75.7 Å². The highest BCUT2D eigenvalue weighted by Crippen LogP contribution is 2.31. The number of carbonyl (C=O) groups excluding carboxylic acids is 1. The lowest BCUT2D eigenvalue weighted by Gasteiger charge is -2.38. The van der Waals surface area contributed by atoms with Gasteiger partial charge in [-0.15, -0.1) is 0 Å². The van der Waals surface area contributed by atoms with Gasteiger partial charge in [0.05, 0.1) is 23.4 Å². The fourth-order valence-electron chi connectivity index (χ4n) is 4.92. The van der Waals surface area contributed by atoms with Gasteiger partial charge in [-0.1, -0.05) is 6.07 Å². The van der Waals surface area contributed by atoms with Crippen LogP contribution < -0.4 is 5.32 Å². The zero-order valence-corrected chi connectivity index (χ0v) is 19.0. The first-order valence-electron chi connectivity index (χ1n) is 11.1. The number of piperazine rings is 1. The number of nitrogens with one attached hydrogen (secondary N) is 1. The summed E-state index contributed by atoms with van der Waals surface area (Å²) in [4.78, 5) is 18.7. The summed E-state index contributed by atoms with van der Waals surface area (Å²) < 4.78 is 6.97. The second-order valence-corrected chi connectivity index (χ2v) is 8.91. The van der Waals surface area contributed by atoms with E-state index < -0.39 is 0 Å². The third kappa shape index (κ3) is 3.90. The Hall–Kier alpha value is -3.54. The first-order valence-corrected chi connectivity index (χ1v) is 11.1. The number of pyridine rings is 1. The van der Waals surface area contributed by atoms with Gasteiger partial charge in [-0.2, -0.15) is 10.4 Å². The summed E-state index contributed by atoms with van der Waals surface area (Å²) in [6, 6.07) is 8.36. The van der Waals surface area contributed by atoms with E-state index in [2.05, 4.69) is 46.3 Å². The summed E-state index contributed by atoms with van der Waals surface area (Å²) in [6.07, 6.45) is 5.50. The van der Waals surface area contributed by atoms with Crippen molar-refractivity contribution in [3.8, 4) is 11.9 Å². The molecule has 0 bridgehead atoms. The monoisotopic (exact) mass is 442 g/mol. The number of hydrogen-bond donors (Lipinski definition) is 1. The smallest absolute Gasteiger partial charge is 0.338 e. The second-order valence-electron chi connectivity index (χ2n) is 8.91. The zero-order chi connectivity index (χ0) is 23.1. The summed E-state index contributed by atoms with van der Waals surface area (Å²) in [5.41, 5.74) is 6.56. The topological polar surface area (TPSA) is 96.1 Å². The molecule has 168 valence electrons. The maximum atomic E-state index is 11.9. The summed E-state index contributed by atoms with van der Waals surface area (Å²) in [7, 11) is 0. The van der Waals surface area contributed by atoms with Crippen molar-refractivity contribution in [2.24, 2.45) is 0 Å². The molecular formula is C25H26N6O2. The van der Waals surface area contributed by atoms with Crippen molar-refractivity contribution in [1.29, 1.82) is 5.26 Å². The highest BCUT2D eigenvalue weighted by molar-refractivity contribution is 5.94. The average Bonchev–Trinajstić information content (AvgIpc) is 3.41. The number of esters is 1. The minimum atomic E-state index is -0.228. The van der Waals surface area contributed by atoms with E-state index in [9.17, 15) is 10.1 Å². The molecule has 8 heteroatoms. The number of cyclic esters (lactones) is 1. The minimum Gasteiger partial charge on any atom is -0.457 e. The molecule has 1 fully saturated rings. The number of aromatic nitrogens is 3. The lowest BCUT2D eigenvalue weighted by Crippen LogP contribution is -2.50. The summed E-state index contributed by atoms with van der Waals surface area (Å²) in [5.74, 6) is 0.450. The molecule has 1 N–H and O–H groups in total. The van der Waals surface area contributed by atoms with Crippen molar-refractivity contribution in [2.75, 3.05) is 13.1 Å². The van der Waals surface area contributed by atoms with Gasteiger partial charge >= 0.3 is 5.97 Å². The van der Waals surface area contributed by atoms with E-state index in [-0.39, 0.29) is 12.0 Å². The molecule has 5 rings (SSSR count). The van der Waals surface area contributed by atoms with Gasteiger partial charge in [0.1, 0.15) is 6.61 Å². The molecule has 1 unspecified atom stereocenters. The van der Waals surface area contributed by atoms with Crippen molar-refractivity contribution >= 4 is 5.97 Å². The number of fused-ring (bicyclic) bond motifs is 1. The highest BCUT2D eigenvalue weighted by Gasteiger charge is 2.30. The molecule has 0 saturated carbocycles. The Morgan fingerprint density at radius 3 is 2.91 bits per heavy atom. The number of ether oxygens (including phenoxy) is 1. The van der Waals surface area contributed by atoms with Crippen LogP contribution >= 0.6 is 0 Å². The highest BCUT2D eigenvalue weighted by atomic mass is 16.5. The van der Waals surface area contributed by atoms with Crippen LogP contribution in [0.2, 0.25) is 0 Å². The predicted octanol–water partition coefficient (Wildman–Crippen LogP) is 2.96. The van der Waals surface area contributed by atoms with Crippen LogP contribution in [-0.4, -0.2) is 44.8 Å². The molecule has 0 radical (unpaired) electrons. The minimum absolute atomic E-state index is 0.168. The summed E-state index contributed by atoms with van der Waals surface area (Å²) in [6.45, 7) is 9.07. The second kappa shape index (κ2) is 8.43. The van der Waals surface area contributed by atoms with Gasteiger partial charge in [-0.25, -0.2) is 14.5 Å². The van der Waals surface area contributed by atoms with Crippen LogP contribution in [0.5, 0.6) is 0 Å². The van der Waals surface area contributed by atoms with Crippen LogP contribution in [0.1, 0.15) is 56.7 Å². The van der Waals surface area contributed by atoms with E-state index in [0.717, 1.165) is 41.9 Å². The maximum absolute atomic E-state index is 11.9. The molecule has 1 saturated heterocycles. The number of hydrogen-bond acceptors (Lipinski definition) is 7. The molecule has 0 aliphatic carbocycles. The van der Waals surface area contributed by atoms with Crippen molar-refractivity contribution in [3.63, 3.8) is 0 Å². The molecule has 3 aromatic rings. The van der Waals surface area contributed by atoms with E-state index in [1.165, 1.54) is 5.56 Å². The first-order chi connectivity index (χ1) is 15.9. The zero-order valence-electron chi connectivity index (χ0n) is 19.0. The molecule has 2 aliphatic rings. The van der Waals surface area contributed by atoms with Gasteiger partial charge in [0.15, 0.2) is 5.82 Å². The van der Waals surface area contributed by atoms with Gasteiger partial charge in [0.25, 0.3) is 0 Å². The third-order valence-corrected chi connectivity index (χ3v) is 6.60. The van der Waals surface area contributed by atoms with Crippen LogP contribution in [0.15, 0.2) is 36.8 Å². The van der Waals surface area contributed by atoms with E-state index in [4.69, 9.17) is 4.74 Å². The Morgan fingerprint density at radius 2 is 2.09 bits per heavy atom. The third-order valence-electron chi connectivity index (χ3n) is 6.60. The Labute approximate surface area is 192 Å². The van der Waals surface area contributed by atoms with E-state index >= 15 is 0 Å². The molecule has 2 aromatic heterocycles. The molecule has 2 aliphatic heterocycles. The number of nitriles is 1. The molecule has 0 amide bonds. The number of rotatable bonds is 4. The van der Waals surface area contributed by atoms with Gasteiger partial charge in [0, 0.05) is 60.8 Å². The molecule has 33 heavy (non-hydrogen) atoms. The Kier molecular flexibility index (Phi) is 5.44. The van der Waals surface area contributed by atoms with Crippen molar-refractivity contribution < 1.29 is 9.53 Å². The Morgan fingerprint density at radius 1 is 1.24 bits per heavy atom. The SMILES string of the molecule is Cc1c(C#N)ccnc1-n1cc(CN2CC(C)N[C@H](c3ccc4c(c3C)COC4=O)C2)cn1. The average molecular weight is 443 g/mol. The number of carbonyl (C=O) groups is 1. The van der Waals surface area contributed by atoms with Crippen LogP contribution in [0, 0.1) is 25.2 Å². The summed E-state index contributed by atoms with van der Waals surface area (Å²) >= 11 is 0. The normalized spacial score (nSPS) is 20.4. The van der Waals surface area contributed by atoms with Gasteiger partial charge in [-0.3, -0.25) is 4.90 Å². The van der Waals surface area contributed by atoms with E-state index in [1.54, 1.807) is 16.9 Å². The Bertz CT molecular complexity index is 1270. The standard InChI is InChI=1S/C25H26N6O2/c1-15-10-30(11-18-9-28-31(12-18)24-16(2)19(8-26)6-7-27-24)13-23(29-15)20-4-5-21-22(17(20)3)14-33-25(21)32/h4-7,9,12,15,23,29H,10-11,13-14H2,1-3H3/t15?,23-/m0/s1. The van der Waals surface area contributed by atoms with Crippen LogP contribution in [0.4, 0.5) is 0 Å². The predicted molar refractivity (Wildman–Crippen MR) is 122 cm³/mol. The van der Waals surface area contributed by atoms with Crippen LogP contribution in [0.25, 0.3) is 5.82 Å². The molecule has 8 nitrogen and oxygen atoms in total. The van der Waals surface area contributed by atoms with Crippen molar-refractivity contribution in [1.82, 2.24) is 25.0 Å². The quantitative estimate of drug-likeness (QED) is 0.621. The molecule has 0 spiro atoms. The van der Waals surface area contributed by atoms with E-state index in [0.29, 0.717) is 29.6 Å². The van der Waals surface area contributed by atoms with Crippen molar-refractivity contribution in [2.45, 2.75) is 46.0 Å². The van der Waals surface area contributed by atoms with Gasteiger partial charge in [-0.05, 0) is 44.0 Å². The van der Waals surface area contributed by atoms with Gasteiger partial charge < -0.3 is 10.1 Å². The fraction of sp³-hybridized carbons (Fsp3) is 0.360. The molecular weight excluding hydrogens is 416 g/mol. The summed E-state index contributed by atoms with van der Waals surface area (Å²) in [5, 5.41) is 17.5. The van der Waals surface area contributed by atoms with Gasteiger partial charge in [0.2, 0.25) is 0 Å².